The smallest absolute Gasteiger partial charge is 0.308 e. The topological polar surface area (TPSA) is 74.8 Å². The first-order valence-corrected chi connectivity index (χ1v) is 9.29. The predicted octanol–water partition coefficient (Wildman–Crippen LogP) is 0.810. The molecule has 2 aliphatic heterocycles. The van der Waals surface area contributed by atoms with Crippen LogP contribution in [-0.2, 0) is 27.6 Å². The molecule has 7 heteroatoms. The molecule has 2 heterocycles. The van der Waals surface area contributed by atoms with Crippen molar-refractivity contribution in [1.29, 1.82) is 0 Å². The largest absolute Gasteiger partial charge is 0.327 e. The molecule has 0 aromatic heterocycles. The Balaban J connectivity index is 1.74. The van der Waals surface area contributed by atoms with E-state index in [0.717, 1.165) is 17.4 Å². The number of sulfone groups is 1. The van der Waals surface area contributed by atoms with Crippen LogP contribution in [0.3, 0.4) is 0 Å². The Morgan fingerprint density at radius 1 is 1.18 bits per heavy atom. The zero-order chi connectivity index (χ0) is 15.9. The van der Waals surface area contributed by atoms with Crippen molar-refractivity contribution in [3.05, 3.63) is 35.4 Å². The number of carbonyl (C=O) groups excluding carboxylic acids is 2. The van der Waals surface area contributed by atoms with Crippen LogP contribution in [0.15, 0.2) is 24.3 Å². The van der Waals surface area contributed by atoms with Gasteiger partial charge in [-0.05, 0) is 17.5 Å². The van der Waals surface area contributed by atoms with Gasteiger partial charge in [0.15, 0.2) is 0 Å². The summed E-state index contributed by atoms with van der Waals surface area (Å²) in [5.74, 6) is -0.234. The van der Waals surface area contributed by atoms with Gasteiger partial charge in [-0.25, -0.2) is 13.2 Å². The highest BCUT2D eigenvalue weighted by Gasteiger charge is 2.46. The SMILES string of the molecule is CS(=O)(=O)CCCN1C(=O)[C@H]2Cc3ccccc3CN2C1=O. The van der Waals surface area contributed by atoms with Gasteiger partial charge in [-0.15, -0.1) is 0 Å². The summed E-state index contributed by atoms with van der Waals surface area (Å²) < 4.78 is 22.3. The van der Waals surface area contributed by atoms with Crippen LogP contribution in [0.1, 0.15) is 17.5 Å². The van der Waals surface area contributed by atoms with Crippen molar-refractivity contribution < 1.29 is 18.0 Å². The normalized spacial score (nSPS) is 21.0. The number of benzene rings is 1. The van der Waals surface area contributed by atoms with Crippen LogP contribution in [0.5, 0.6) is 0 Å². The number of hydrogen-bond donors (Lipinski definition) is 0. The molecule has 1 saturated heterocycles. The van der Waals surface area contributed by atoms with E-state index in [1.54, 1.807) is 4.90 Å². The van der Waals surface area contributed by atoms with E-state index in [4.69, 9.17) is 0 Å². The molecule has 0 N–H and O–H groups in total. The van der Waals surface area contributed by atoms with Gasteiger partial charge in [-0.1, -0.05) is 24.3 Å². The van der Waals surface area contributed by atoms with Gasteiger partial charge >= 0.3 is 6.03 Å². The minimum atomic E-state index is -3.08. The third-order valence-corrected chi connectivity index (χ3v) is 5.20. The summed E-state index contributed by atoms with van der Waals surface area (Å²) >= 11 is 0. The van der Waals surface area contributed by atoms with Gasteiger partial charge in [0.05, 0.1) is 5.75 Å². The van der Waals surface area contributed by atoms with Gasteiger partial charge in [0, 0.05) is 25.8 Å². The molecule has 22 heavy (non-hydrogen) atoms. The summed E-state index contributed by atoms with van der Waals surface area (Å²) in [6, 6.07) is 7.05. The van der Waals surface area contributed by atoms with Crippen LogP contribution >= 0.6 is 0 Å². The van der Waals surface area contributed by atoms with Gasteiger partial charge in [0.25, 0.3) is 5.91 Å². The molecule has 3 rings (SSSR count). The number of fused-ring (bicyclic) bond motifs is 2. The standard InChI is InChI=1S/C15H18N2O4S/c1-22(20,21)8-4-7-16-14(18)13-9-11-5-2-3-6-12(11)10-17(13)15(16)19/h2-3,5-6,13H,4,7-10H2,1H3/t13-/m1/s1. The van der Waals surface area contributed by atoms with E-state index in [9.17, 15) is 18.0 Å². The molecule has 0 bridgehead atoms. The Hall–Kier alpha value is -1.89. The number of nitrogens with zero attached hydrogens (tertiary/aromatic N) is 2. The molecule has 0 radical (unpaired) electrons. The van der Waals surface area contributed by atoms with Crippen LogP contribution in [-0.4, -0.2) is 54.8 Å². The number of carbonyl (C=O) groups is 2. The second-order valence-corrected chi connectivity index (χ2v) is 8.13. The number of hydrogen-bond acceptors (Lipinski definition) is 4. The molecule has 6 nitrogen and oxygen atoms in total. The van der Waals surface area contributed by atoms with Gasteiger partial charge < -0.3 is 4.90 Å². The minimum absolute atomic E-state index is 0.0189. The average molecular weight is 322 g/mol. The Labute approximate surface area is 129 Å². The maximum atomic E-state index is 12.4. The molecule has 1 fully saturated rings. The van der Waals surface area contributed by atoms with Crippen molar-refractivity contribution in [2.24, 2.45) is 0 Å². The van der Waals surface area contributed by atoms with E-state index >= 15 is 0 Å². The lowest BCUT2D eigenvalue weighted by Crippen LogP contribution is -2.39. The molecular formula is C15H18N2O4S. The Kier molecular flexibility index (Phi) is 3.68. The third kappa shape index (κ3) is 2.72. The fraction of sp³-hybridized carbons (Fsp3) is 0.467. The highest BCUT2D eigenvalue weighted by Crippen LogP contribution is 2.29. The summed E-state index contributed by atoms with van der Waals surface area (Å²) in [5, 5.41) is 0. The van der Waals surface area contributed by atoms with Crippen molar-refractivity contribution in [1.82, 2.24) is 9.80 Å². The van der Waals surface area contributed by atoms with Gasteiger partial charge in [-0.2, -0.15) is 0 Å². The fourth-order valence-electron chi connectivity index (χ4n) is 3.06. The highest BCUT2D eigenvalue weighted by molar-refractivity contribution is 7.90. The van der Waals surface area contributed by atoms with Crippen LogP contribution in [0.4, 0.5) is 4.79 Å². The molecular weight excluding hydrogens is 304 g/mol. The molecule has 2 aliphatic rings. The minimum Gasteiger partial charge on any atom is -0.308 e. The molecule has 0 aliphatic carbocycles. The Bertz CT molecular complexity index is 686. The van der Waals surface area contributed by atoms with Crippen LogP contribution in [0.2, 0.25) is 0 Å². The van der Waals surface area contributed by atoms with Crippen molar-refractivity contribution in [3.63, 3.8) is 0 Å². The Morgan fingerprint density at radius 3 is 2.55 bits per heavy atom. The number of rotatable bonds is 4. The highest BCUT2D eigenvalue weighted by atomic mass is 32.2. The molecule has 0 spiro atoms. The van der Waals surface area contributed by atoms with E-state index in [2.05, 4.69) is 0 Å². The van der Waals surface area contributed by atoms with Gasteiger partial charge in [-0.3, -0.25) is 9.69 Å². The molecule has 1 aromatic rings. The maximum absolute atomic E-state index is 12.4. The lowest BCUT2D eigenvalue weighted by atomic mass is 9.95. The monoisotopic (exact) mass is 322 g/mol. The van der Waals surface area contributed by atoms with E-state index in [1.807, 2.05) is 24.3 Å². The number of amides is 3. The first-order chi connectivity index (χ1) is 10.4. The fourth-order valence-corrected chi connectivity index (χ4v) is 3.72. The molecule has 3 amide bonds. The number of urea groups is 1. The first kappa shape index (κ1) is 15.0. The Morgan fingerprint density at radius 2 is 1.86 bits per heavy atom. The van der Waals surface area contributed by atoms with Crippen LogP contribution in [0.25, 0.3) is 0 Å². The van der Waals surface area contributed by atoms with E-state index < -0.39 is 15.9 Å². The van der Waals surface area contributed by atoms with Gasteiger partial charge in [0.2, 0.25) is 0 Å². The maximum Gasteiger partial charge on any atom is 0.327 e. The summed E-state index contributed by atoms with van der Waals surface area (Å²) in [4.78, 5) is 27.6. The molecule has 0 unspecified atom stereocenters. The third-order valence-electron chi connectivity index (χ3n) is 4.17. The zero-order valence-electron chi connectivity index (χ0n) is 12.4. The van der Waals surface area contributed by atoms with Crippen LogP contribution < -0.4 is 0 Å². The number of imide groups is 1. The summed E-state index contributed by atoms with van der Waals surface area (Å²) in [6.45, 7) is 0.599. The van der Waals surface area contributed by atoms with E-state index in [0.29, 0.717) is 13.0 Å². The molecule has 1 atom stereocenters. The van der Waals surface area contributed by atoms with Crippen LogP contribution in [0, 0.1) is 0 Å². The lowest BCUT2D eigenvalue weighted by Gasteiger charge is -2.28. The summed E-state index contributed by atoms with van der Waals surface area (Å²) in [6.07, 6.45) is 1.97. The van der Waals surface area contributed by atoms with Crippen molar-refractivity contribution in [2.45, 2.75) is 25.4 Å². The van der Waals surface area contributed by atoms with E-state index in [-0.39, 0.29) is 30.7 Å². The lowest BCUT2D eigenvalue weighted by molar-refractivity contribution is -0.128. The molecule has 1 aromatic carbocycles. The first-order valence-electron chi connectivity index (χ1n) is 7.23. The second kappa shape index (κ2) is 5.39. The van der Waals surface area contributed by atoms with Crippen molar-refractivity contribution >= 4 is 21.8 Å². The average Bonchev–Trinajstić information content (AvgIpc) is 2.69. The summed E-state index contributed by atoms with van der Waals surface area (Å²) in [7, 11) is -3.08. The zero-order valence-corrected chi connectivity index (χ0v) is 13.2. The van der Waals surface area contributed by atoms with Gasteiger partial charge in [0.1, 0.15) is 15.9 Å². The summed E-state index contributed by atoms with van der Waals surface area (Å²) in [5.41, 5.74) is 2.17. The predicted molar refractivity (Wildman–Crippen MR) is 80.9 cm³/mol. The van der Waals surface area contributed by atoms with Crippen molar-refractivity contribution in [3.8, 4) is 0 Å². The molecule has 118 valence electrons. The van der Waals surface area contributed by atoms with E-state index in [1.165, 1.54) is 4.90 Å². The quantitative estimate of drug-likeness (QED) is 0.769. The van der Waals surface area contributed by atoms with Crippen molar-refractivity contribution in [2.75, 3.05) is 18.6 Å². The molecule has 0 saturated carbocycles. The second-order valence-electron chi connectivity index (χ2n) is 5.87.